The van der Waals surface area contributed by atoms with E-state index < -0.39 is 10.0 Å². The van der Waals surface area contributed by atoms with Crippen LogP contribution in [0, 0.1) is 0 Å². The molecule has 112 valence electrons. The molecule has 1 aromatic heterocycles. The van der Waals surface area contributed by atoms with E-state index in [0.717, 1.165) is 16.2 Å². The molecule has 2 rings (SSSR count). The van der Waals surface area contributed by atoms with E-state index in [9.17, 15) is 13.2 Å². The van der Waals surface area contributed by atoms with Crippen LogP contribution in [-0.4, -0.2) is 21.3 Å². The lowest BCUT2D eigenvalue weighted by Crippen LogP contribution is -2.12. The molecule has 0 fully saturated rings. The fraction of sp³-hybridized carbons (Fsp3) is 0.214. The third kappa shape index (κ3) is 4.38. The molecule has 0 amide bonds. The lowest BCUT2D eigenvalue weighted by atomic mass is 10.1. The van der Waals surface area contributed by atoms with Gasteiger partial charge in [0.05, 0.1) is 12.0 Å². The van der Waals surface area contributed by atoms with Gasteiger partial charge in [-0.25, -0.2) is 13.6 Å². The summed E-state index contributed by atoms with van der Waals surface area (Å²) < 4.78 is 27.3. The molecule has 0 aliphatic carbocycles. The SMILES string of the molecule is COc1csc(CC(=O)Cc2ccc(S(N)(=O)=O)cc2)c1. The molecule has 0 aliphatic heterocycles. The molecule has 0 saturated heterocycles. The van der Waals surface area contributed by atoms with Gasteiger partial charge in [0.2, 0.25) is 10.0 Å². The van der Waals surface area contributed by atoms with E-state index >= 15 is 0 Å². The molecule has 2 aromatic rings. The van der Waals surface area contributed by atoms with Gasteiger partial charge in [0.15, 0.2) is 0 Å². The van der Waals surface area contributed by atoms with Crippen LogP contribution >= 0.6 is 11.3 Å². The van der Waals surface area contributed by atoms with Gasteiger partial charge in [-0.3, -0.25) is 4.79 Å². The topological polar surface area (TPSA) is 86.5 Å². The van der Waals surface area contributed by atoms with Gasteiger partial charge in [-0.2, -0.15) is 0 Å². The third-order valence-electron chi connectivity index (χ3n) is 2.89. The Morgan fingerprint density at radius 2 is 1.90 bits per heavy atom. The predicted molar refractivity (Wildman–Crippen MR) is 81.1 cm³/mol. The molecule has 0 saturated carbocycles. The van der Waals surface area contributed by atoms with Crippen molar-refractivity contribution in [2.24, 2.45) is 5.14 Å². The second kappa shape index (κ2) is 6.38. The first kappa shape index (κ1) is 15.7. The van der Waals surface area contributed by atoms with Crippen LogP contribution in [0.1, 0.15) is 10.4 Å². The lowest BCUT2D eigenvalue weighted by molar-refractivity contribution is -0.117. The van der Waals surface area contributed by atoms with Crippen LogP contribution in [0.3, 0.4) is 0 Å². The highest BCUT2D eigenvalue weighted by atomic mass is 32.2. The number of hydrogen-bond donors (Lipinski definition) is 1. The summed E-state index contributed by atoms with van der Waals surface area (Å²) in [7, 11) is -2.11. The van der Waals surface area contributed by atoms with Crippen molar-refractivity contribution in [2.45, 2.75) is 17.7 Å². The molecule has 0 atom stereocenters. The van der Waals surface area contributed by atoms with Crippen molar-refractivity contribution in [2.75, 3.05) is 7.11 Å². The maximum Gasteiger partial charge on any atom is 0.238 e. The van der Waals surface area contributed by atoms with E-state index in [4.69, 9.17) is 9.88 Å². The number of carbonyl (C=O) groups excluding carboxylic acids is 1. The molecule has 5 nitrogen and oxygen atoms in total. The van der Waals surface area contributed by atoms with E-state index in [-0.39, 0.29) is 17.1 Å². The Hall–Kier alpha value is -1.70. The number of ether oxygens (including phenoxy) is 1. The largest absolute Gasteiger partial charge is 0.496 e. The maximum atomic E-state index is 12.0. The summed E-state index contributed by atoms with van der Waals surface area (Å²) in [5.41, 5.74) is 0.760. The number of sulfonamides is 1. The highest BCUT2D eigenvalue weighted by molar-refractivity contribution is 7.89. The Kier molecular flexibility index (Phi) is 4.76. The van der Waals surface area contributed by atoms with Gasteiger partial charge in [-0.15, -0.1) is 11.3 Å². The Balaban J connectivity index is 1.99. The smallest absolute Gasteiger partial charge is 0.238 e. The molecule has 0 radical (unpaired) electrons. The zero-order chi connectivity index (χ0) is 15.5. The van der Waals surface area contributed by atoms with Crippen LogP contribution in [0.15, 0.2) is 40.6 Å². The molecule has 21 heavy (non-hydrogen) atoms. The van der Waals surface area contributed by atoms with Crippen molar-refractivity contribution < 1.29 is 17.9 Å². The number of thiophene rings is 1. The number of hydrogen-bond acceptors (Lipinski definition) is 5. The summed E-state index contributed by atoms with van der Waals surface area (Å²) in [6.07, 6.45) is 0.593. The lowest BCUT2D eigenvalue weighted by Gasteiger charge is -2.02. The third-order valence-corrected chi connectivity index (χ3v) is 4.73. The van der Waals surface area contributed by atoms with Crippen molar-refractivity contribution >= 4 is 27.1 Å². The van der Waals surface area contributed by atoms with Gasteiger partial charge in [0.1, 0.15) is 11.5 Å². The zero-order valence-electron chi connectivity index (χ0n) is 11.4. The first-order valence-electron chi connectivity index (χ1n) is 6.13. The molecular weight excluding hydrogens is 310 g/mol. The van der Waals surface area contributed by atoms with Gasteiger partial charge in [-0.05, 0) is 23.8 Å². The number of rotatable bonds is 6. The van der Waals surface area contributed by atoms with Crippen LogP contribution in [0.4, 0.5) is 0 Å². The van der Waals surface area contributed by atoms with Gasteiger partial charge < -0.3 is 4.74 Å². The number of benzene rings is 1. The average Bonchev–Trinajstić information content (AvgIpc) is 2.85. The minimum Gasteiger partial charge on any atom is -0.496 e. The van der Waals surface area contributed by atoms with Crippen molar-refractivity contribution in [3.8, 4) is 5.75 Å². The van der Waals surface area contributed by atoms with E-state index in [1.807, 2.05) is 11.4 Å². The molecule has 0 bridgehead atoms. The summed E-state index contributed by atoms with van der Waals surface area (Å²) in [6.45, 7) is 0. The second-order valence-electron chi connectivity index (χ2n) is 4.53. The monoisotopic (exact) mass is 325 g/mol. The fourth-order valence-electron chi connectivity index (χ4n) is 1.84. The standard InChI is InChI=1S/C14H15NO4S2/c1-19-12-8-13(20-9-12)7-11(16)6-10-2-4-14(5-3-10)21(15,17)18/h2-5,8-9H,6-7H2,1H3,(H2,15,17,18). The molecular formula is C14H15NO4S2. The van der Waals surface area contributed by atoms with Gasteiger partial charge in [-0.1, -0.05) is 12.1 Å². The first-order chi connectivity index (χ1) is 9.88. The van der Waals surface area contributed by atoms with Crippen LogP contribution < -0.4 is 9.88 Å². The predicted octanol–water partition coefficient (Wildman–Crippen LogP) is 1.76. The van der Waals surface area contributed by atoms with E-state index in [1.54, 1.807) is 19.2 Å². The minimum atomic E-state index is -3.69. The quantitative estimate of drug-likeness (QED) is 0.877. The number of Topliss-reactive ketones (excluding diaryl/α,β-unsaturated/α-hetero) is 1. The molecule has 2 N–H and O–H groups in total. The highest BCUT2D eigenvalue weighted by Gasteiger charge is 2.10. The summed E-state index contributed by atoms with van der Waals surface area (Å²) >= 11 is 1.48. The zero-order valence-corrected chi connectivity index (χ0v) is 13.0. The molecule has 0 spiro atoms. The summed E-state index contributed by atoms with van der Waals surface area (Å²) in [6, 6.07) is 7.87. The number of carbonyl (C=O) groups is 1. The van der Waals surface area contributed by atoms with Crippen molar-refractivity contribution in [1.82, 2.24) is 0 Å². The fourth-order valence-corrected chi connectivity index (χ4v) is 3.22. The van der Waals surface area contributed by atoms with Crippen LogP contribution in [0.2, 0.25) is 0 Å². The van der Waals surface area contributed by atoms with Crippen LogP contribution in [0.5, 0.6) is 5.75 Å². The van der Waals surface area contributed by atoms with Gasteiger partial charge in [0.25, 0.3) is 0 Å². The number of nitrogens with two attached hydrogens (primary N) is 1. The molecule has 1 heterocycles. The van der Waals surface area contributed by atoms with Crippen LogP contribution in [0.25, 0.3) is 0 Å². The molecule has 1 aromatic carbocycles. The number of ketones is 1. The molecule has 0 unspecified atom stereocenters. The maximum absolute atomic E-state index is 12.0. The Morgan fingerprint density at radius 3 is 2.43 bits per heavy atom. The van der Waals surface area contributed by atoms with Crippen molar-refractivity contribution in [3.63, 3.8) is 0 Å². The average molecular weight is 325 g/mol. The Labute approximate surface area is 127 Å². The first-order valence-corrected chi connectivity index (χ1v) is 8.56. The highest BCUT2D eigenvalue weighted by Crippen LogP contribution is 2.22. The summed E-state index contributed by atoms with van der Waals surface area (Å²) in [5, 5.41) is 6.87. The van der Waals surface area contributed by atoms with E-state index in [1.165, 1.54) is 23.5 Å². The summed E-state index contributed by atoms with van der Waals surface area (Å²) in [5.74, 6) is 0.808. The molecule has 0 aliphatic rings. The van der Waals surface area contributed by atoms with Crippen molar-refractivity contribution in [1.29, 1.82) is 0 Å². The second-order valence-corrected chi connectivity index (χ2v) is 7.09. The van der Waals surface area contributed by atoms with Gasteiger partial charge >= 0.3 is 0 Å². The van der Waals surface area contributed by atoms with E-state index in [0.29, 0.717) is 6.42 Å². The molecule has 7 heteroatoms. The minimum absolute atomic E-state index is 0.0432. The Morgan fingerprint density at radius 1 is 1.24 bits per heavy atom. The summed E-state index contributed by atoms with van der Waals surface area (Å²) in [4.78, 5) is 13.0. The van der Waals surface area contributed by atoms with E-state index in [2.05, 4.69) is 0 Å². The number of primary sulfonamides is 1. The normalized spacial score (nSPS) is 11.3. The van der Waals surface area contributed by atoms with Crippen LogP contribution in [-0.2, 0) is 27.7 Å². The van der Waals surface area contributed by atoms with Gasteiger partial charge in [0, 0.05) is 23.1 Å². The Bertz CT molecular complexity index is 733. The van der Waals surface area contributed by atoms with Crippen molar-refractivity contribution in [3.05, 3.63) is 46.2 Å². The number of methoxy groups -OCH3 is 1.